The van der Waals surface area contributed by atoms with E-state index in [0.29, 0.717) is 25.1 Å². The fourth-order valence-electron chi connectivity index (χ4n) is 6.21. The number of piperazine rings is 1. The molecular weight excluding hydrogens is 688 g/mol. The van der Waals surface area contributed by atoms with E-state index < -0.39 is 48.3 Å². The maximum Gasteiger partial charge on any atom is 0.409 e. The van der Waals surface area contributed by atoms with Crippen LogP contribution in [0.3, 0.4) is 0 Å². The van der Waals surface area contributed by atoms with Crippen LogP contribution in [0.5, 0.6) is 5.88 Å². The quantitative estimate of drug-likeness (QED) is 0.289. The predicted molar refractivity (Wildman–Crippen MR) is 190 cm³/mol. The molecule has 2 aromatic rings. The molecular formula is C36H50N8O9. The van der Waals surface area contributed by atoms with Crippen LogP contribution in [0.25, 0.3) is 5.69 Å². The van der Waals surface area contributed by atoms with Crippen molar-refractivity contribution in [2.45, 2.75) is 83.5 Å². The van der Waals surface area contributed by atoms with Gasteiger partial charge in [0.2, 0.25) is 17.7 Å². The number of carbonyl (C=O) groups is 6. The Morgan fingerprint density at radius 3 is 2.26 bits per heavy atom. The number of likely N-dealkylation sites (tertiary alicyclic amines) is 1. The molecule has 53 heavy (non-hydrogen) atoms. The minimum Gasteiger partial charge on any atom is -0.467 e. The molecule has 1 aliphatic carbocycles. The lowest BCUT2D eigenvalue weighted by molar-refractivity contribution is -0.140. The maximum absolute atomic E-state index is 13.8. The van der Waals surface area contributed by atoms with Gasteiger partial charge in [-0.15, -0.1) is 0 Å². The molecule has 17 nitrogen and oxygen atoms in total. The molecule has 0 bridgehead atoms. The summed E-state index contributed by atoms with van der Waals surface area (Å²) in [5.41, 5.74) is -0.361. The molecule has 2 atom stereocenters. The number of nitrogens with zero attached hydrogens (tertiary/aromatic N) is 5. The zero-order valence-electron chi connectivity index (χ0n) is 30.8. The lowest BCUT2D eigenvalue weighted by Gasteiger charge is -2.36. The van der Waals surface area contributed by atoms with Crippen molar-refractivity contribution in [1.29, 1.82) is 0 Å². The molecule has 3 aliphatic rings. The van der Waals surface area contributed by atoms with Crippen LogP contribution in [0.15, 0.2) is 36.4 Å². The summed E-state index contributed by atoms with van der Waals surface area (Å²) < 4.78 is 17.7. The molecule has 3 heterocycles. The van der Waals surface area contributed by atoms with Crippen molar-refractivity contribution in [3.05, 3.63) is 42.1 Å². The molecule has 1 saturated carbocycles. The third-order valence-corrected chi connectivity index (χ3v) is 9.15. The van der Waals surface area contributed by atoms with Gasteiger partial charge in [0.05, 0.1) is 18.8 Å². The zero-order valence-corrected chi connectivity index (χ0v) is 30.8. The summed E-state index contributed by atoms with van der Waals surface area (Å²) in [5.74, 6) is -1.65. The molecule has 288 valence electrons. The predicted octanol–water partition coefficient (Wildman–Crippen LogP) is 1.83. The number of ether oxygens (including phenoxy) is 3. The summed E-state index contributed by atoms with van der Waals surface area (Å²) in [7, 11) is 0. The Morgan fingerprint density at radius 1 is 0.925 bits per heavy atom. The smallest absolute Gasteiger partial charge is 0.409 e. The first-order valence-corrected chi connectivity index (χ1v) is 18.2. The van der Waals surface area contributed by atoms with Crippen molar-refractivity contribution in [2.75, 3.05) is 52.5 Å². The van der Waals surface area contributed by atoms with Gasteiger partial charge in [-0.25, -0.2) is 14.3 Å². The Labute approximate surface area is 308 Å². The lowest BCUT2D eigenvalue weighted by atomic mass is 9.93. The average molecular weight is 739 g/mol. The van der Waals surface area contributed by atoms with E-state index in [2.05, 4.69) is 21.0 Å². The van der Waals surface area contributed by atoms with Gasteiger partial charge in [-0.05, 0) is 71.9 Å². The third kappa shape index (κ3) is 10.4. The minimum atomic E-state index is -1.23. The van der Waals surface area contributed by atoms with Crippen molar-refractivity contribution in [1.82, 2.24) is 40.4 Å². The van der Waals surface area contributed by atoms with Crippen molar-refractivity contribution in [3.63, 3.8) is 0 Å². The van der Waals surface area contributed by atoms with Crippen LogP contribution >= 0.6 is 0 Å². The van der Waals surface area contributed by atoms with Crippen molar-refractivity contribution < 1.29 is 43.0 Å². The standard InChI is InChI=1S/C36H50N8O9/c1-5-51-35(50)42-19-17-41(18-20-42)33(48)27(22-37-34(49)53-36(2,3)4)39-31(46)26-21-30(44(40-26)25-13-7-6-8-14-25)52-23-29(45)43-16-10-15-28(43)32(47)38-24-11-9-12-24/h6-8,13-14,21,24,27-28H,5,9-12,15-20,22-23H2,1-4H3,(H,37,49)(H,38,47)(H,39,46)/t27-,28-/m0/s1. The number of para-hydroxylation sites is 1. The summed E-state index contributed by atoms with van der Waals surface area (Å²) in [4.78, 5) is 83.1. The van der Waals surface area contributed by atoms with Gasteiger partial charge in [-0.3, -0.25) is 19.2 Å². The van der Waals surface area contributed by atoms with Gasteiger partial charge < -0.3 is 44.9 Å². The Balaban J connectivity index is 1.30. The number of hydrogen-bond donors (Lipinski definition) is 3. The highest BCUT2D eigenvalue weighted by atomic mass is 16.6. The monoisotopic (exact) mass is 738 g/mol. The fourth-order valence-corrected chi connectivity index (χ4v) is 6.21. The van der Waals surface area contributed by atoms with Gasteiger partial charge in [-0.2, -0.15) is 5.10 Å². The molecule has 0 unspecified atom stereocenters. The number of benzene rings is 1. The van der Waals surface area contributed by atoms with Crippen molar-refractivity contribution in [2.24, 2.45) is 0 Å². The first kappa shape index (κ1) is 38.9. The summed E-state index contributed by atoms with van der Waals surface area (Å²) in [6.45, 7) is 7.62. The van der Waals surface area contributed by atoms with Crippen LogP contribution in [0, 0.1) is 0 Å². The highest BCUT2D eigenvalue weighted by molar-refractivity contribution is 5.97. The summed E-state index contributed by atoms with van der Waals surface area (Å²) >= 11 is 0. The van der Waals surface area contributed by atoms with E-state index >= 15 is 0 Å². The van der Waals surface area contributed by atoms with Crippen molar-refractivity contribution >= 4 is 35.8 Å². The molecule has 17 heteroatoms. The molecule has 2 aliphatic heterocycles. The Morgan fingerprint density at radius 2 is 1.62 bits per heavy atom. The molecule has 2 saturated heterocycles. The van der Waals surface area contributed by atoms with Gasteiger partial charge in [0, 0.05) is 44.8 Å². The van der Waals surface area contributed by atoms with Crippen LogP contribution in [0.2, 0.25) is 0 Å². The van der Waals surface area contributed by atoms with Crippen LogP contribution in [0.1, 0.15) is 70.3 Å². The first-order chi connectivity index (χ1) is 25.3. The number of rotatable bonds is 12. The second-order valence-corrected chi connectivity index (χ2v) is 14.2. The number of nitrogens with one attached hydrogen (secondary N) is 3. The fraction of sp³-hybridized carbons (Fsp3) is 0.583. The van der Waals surface area contributed by atoms with E-state index in [1.54, 1.807) is 52.0 Å². The van der Waals surface area contributed by atoms with Crippen LogP contribution in [0.4, 0.5) is 9.59 Å². The molecule has 5 rings (SSSR count). The number of carbonyl (C=O) groups excluding carboxylic acids is 6. The summed E-state index contributed by atoms with van der Waals surface area (Å²) in [6, 6.07) is 8.59. The highest BCUT2D eigenvalue weighted by Gasteiger charge is 2.36. The molecule has 1 aromatic carbocycles. The Kier molecular flexibility index (Phi) is 12.8. The normalized spacial score (nSPS) is 18.0. The second-order valence-electron chi connectivity index (χ2n) is 14.2. The molecule has 0 radical (unpaired) electrons. The highest BCUT2D eigenvalue weighted by Crippen LogP contribution is 2.24. The lowest BCUT2D eigenvalue weighted by Crippen LogP contribution is -2.58. The topological polar surface area (TPSA) is 194 Å². The number of amides is 6. The van der Waals surface area contributed by atoms with E-state index in [4.69, 9.17) is 14.2 Å². The van der Waals surface area contributed by atoms with E-state index in [1.165, 1.54) is 25.4 Å². The van der Waals surface area contributed by atoms with Gasteiger partial charge in [-0.1, -0.05) is 18.2 Å². The summed E-state index contributed by atoms with van der Waals surface area (Å²) in [5, 5.41) is 12.7. The zero-order chi connectivity index (χ0) is 38.1. The van der Waals surface area contributed by atoms with Gasteiger partial charge in [0.15, 0.2) is 12.3 Å². The molecule has 3 N–H and O–H groups in total. The first-order valence-electron chi connectivity index (χ1n) is 18.2. The van der Waals surface area contributed by atoms with Crippen LogP contribution in [-0.2, 0) is 23.9 Å². The molecule has 1 aromatic heterocycles. The summed E-state index contributed by atoms with van der Waals surface area (Å²) in [6.07, 6.45) is 2.99. The number of aromatic nitrogens is 2. The van der Waals surface area contributed by atoms with Gasteiger partial charge >= 0.3 is 12.2 Å². The Hall–Kier alpha value is -5.35. The third-order valence-electron chi connectivity index (χ3n) is 9.15. The van der Waals surface area contributed by atoms with E-state index in [0.717, 1.165) is 19.3 Å². The molecule has 0 spiro atoms. The van der Waals surface area contributed by atoms with Crippen LogP contribution < -0.4 is 20.7 Å². The van der Waals surface area contributed by atoms with Gasteiger partial charge in [0.25, 0.3) is 11.8 Å². The second kappa shape index (κ2) is 17.4. The largest absolute Gasteiger partial charge is 0.467 e. The van der Waals surface area contributed by atoms with Gasteiger partial charge in [0.1, 0.15) is 17.7 Å². The number of hydrogen-bond acceptors (Lipinski definition) is 10. The van der Waals surface area contributed by atoms with E-state index in [9.17, 15) is 28.8 Å². The van der Waals surface area contributed by atoms with E-state index in [-0.39, 0.29) is 68.8 Å². The van der Waals surface area contributed by atoms with Crippen LogP contribution in [-0.4, -0.2) is 137 Å². The molecule has 3 fully saturated rings. The molecule has 6 amide bonds. The SMILES string of the molecule is CCOC(=O)N1CCN(C(=O)[C@H](CNC(=O)OC(C)(C)C)NC(=O)c2cc(OCC(=O)N3CCC[C@H]3C(=O)NC3CCC3)n(-c3ccccc3)n2)CC1. The minimum absolute atomic E-state index is 0.0919. The van der Waals surface area contributed by atoms with E-state index in [1.807, 2.05) is 6.07 Å². The van der Waals surface area contributed by atoms with Crippen molar-refractivity contribution in [3.8, 4) is 11.6 Å². The average Bonchev–Trinajstić information content (AvgIpc) is 3.78. The number of alkyl carbamates (subject to hydrolysis) is 1. The Bertz CT molecular complexity index is 1630. The maximum atomic E-state index is 13.8.